The third-order valence-corrected chi connectivity index (χ3v) is 5.17. The van der Waals surface area contributed by atoms with Gasteiger partial charge in [0.2, 0.25) is 0 Å². The molecule has 1 aromatic carbocycles. The molecule has 0 unspecified atom stereocenters. The highest BCUT2D eigenvalue weighted by Gasteiger charge is 2.28. The van der Waals surface area contributed by atoms with Crippen molar-refractivity contribution in [1.82, 2.24) is 15.2 Å². The van der Waals surface area contributed by atoms with Crippen molar-refractivity contribution in [2.75, 3.05) is 26.7 Å². The number of carbonyl (C=O) groups is 1. The lowest BCUT2D eigenvalue weighted by Crippen LogP contribution is -2.54. The average Bonchev–Trinajstić information content (AvgIpc) is 2.62. The molecule has 0 bridgehead atoms. The predicted molar refractivity (Wildman–Crippen MR) is 99.0 cm³/mol. The zero-order valence-electron chi connectivity index (χ0n) is 14.8. The molecule has 2 atom stereocenters. The summed E-state index contributed by atoms with van der Waals surface area (Å²) in [6.07, 6.45) is 0.567. The summed E-state index contributed by atoms with van der Waals surface area (Å²) in [6.45, 7) is 1.58. The van der Waals surface area contributed by atoms with E-state index in [1.165, 1.54) is 19.4 Å². The SMILES string of the molecule is COc1cc(F)c2ncc(Cl)c(CCN3CC[C@@H](NC(=O)O)[C@H](O)C3)c2c1. The van der Waals surface area contributed by atoms with Gasteiger partial charge in [0.05, 0.1) is 24.3 Å². The van der Waals surface area contributed by atoms with Gasteiger partial charge in [0.25, 0.3) is 0 Å². The van der Waals surface area contributed by atoms with Crippen LogP contribution in [0.3, 0.4) is 0 Å². The first-order valence-corrected chi connectivity index (χ1v) is 8.97. The Morgan fingerprint density at radius 3 is 2.96 bits per heavy atom. The number of rotatable bonds is 5. The first-order chi connectivity index (χ1) is 12.9. The van der Waals surface area contributed by atoms with E-state index in [-0.39, 0.29) is 5.52 Å². The summed E-state index contributed by atoms with van der Waals surface area (Å²) < 4.78 is 19.4. The number of hydrogen-bond acceptors (Lipinski definition) is 5. The lowest BCUT2D eigenvalue weighted by Gasteiger charge is -2.35. The first kappa shape index (κ1) is 19.6. The van der Waals surface area contributed by atoms with Gasteiger partial charge >= 0.3 is 6.09 Å². The van der Waals surface area contributed by atoms with Crippen molar-refractivity contribution in [3.63, 3.8) is 0 Å². The van der Waals surface area contributed by atoms with E-state index in [1.807, 2.05) is 4.90 Å². The van der Waals surface area contributed by atoms with Crippen LogP contribution < -0.4 is 10.1 Å². The Morgan fingerprint density at radius 2 is 2.30 bits per heavy atom. The lowest BCUT2D eigenvalue weighted by atomic mass is 10.0. The van der Waals surface area contributed by atoms with Crippen molar-refractivity contribution in [3.8, 4) is 5.75 Å². The summed E-state index contributed by atoms with van der Waals surface area (Å²) in [5.74, 6) is -0.0838. The molecule has 0 saturated carbocycles. The summed E-state index contributed by atoms with van der Waals surface area (Å²) in [5, 5.41) is 22.3. The summed E-state index contributed by atoms with van der Waals surface area (Å²) in [7, 11) is 1.47. The fourth-order valence-corrected chi connectivity index (χ4v) is 3.68. The van der Waals surface area contributed by atoms with E-state index >= 15 is 0 Å². The maximum absolute atomic E-state index is 14.3. The van der Waals surface area contributed by atoms with Crippen LogP contribution in [-0.2, 0) is 6.42 Å². The minimum Gasteiger partial charge on any atom is -0.497 e. The Bertz CT molecular complexity index is 851. The summed E-state index contributed by atoms with van der Waals surface area (Å²) in [5.41, 5.74) is 0.999. The van der Waals surface area contributed by atoms with Crippen molar-refractivity contribution in [2.45, 2.75) is 25.0 Å². The van der Waals surface area contributed by atoms with Crippen molar-refractivity contribution in [3.05, 3.63) is 34.7 Å². The van der Waals surface area contributed by atoms with Gasteiger partial charge in [-0.05, 0) is 24.5 Å². The maximum Gasteiger partial charge on any atom is 0.404 e. The standard InChI is InChI=1S/C18H21ClFN3O4/c1-27-10-6-12-11(13(19)8-21-17(12)14(20)7-10)2-4-23-5-3-15(16(24)9-23)22-18(25)26/h6-8,15-16,22,24H,2-5,9H2,1H3,(H,25,26)/t15-,16-/m1/s1. The van der Waals surface area contributed by atoms with Crippen molar-refractivity contribution < 1.29 is 24.1 Å². The Kier molecular flexibility index (Phi) is 5.98. The van der Waals surface area contributed by atoms with E-state index in [0.717, 1.165) is 5.56 Å². The predicted octanol–water partition coefficient (Wildman–Crippen LogP) is 2.28. The molecule has 3 rings (SSSR count). The summed E-state index contributed by atoms with van der Waals surface area (Å²) in [6, 6.07) is 2.52. The van der Waals surface area contributed by atoms with Gasteiger partial charge in [0.1, 0.15) is 11.3 Å². The lowest BCUT2D eigenvalue weighted by molar-refractivity contribution is 0.0413. The smallest absolute Gasteiger partial charge is 0.404 e. The molecule has 2 aromatic rings. The number of nitrogens with one attached hydrogen (secondary N) is 1. The second kappa shape index (κ2) is 8.24. The molecular weight excluding hydrogens is 377 g/mol. The van der Waals surface area contributed by atoms with Crippen LogP contribution in [0.4, 0.5) is 9.18 Å². The van der Waals surface area contributed by atoms with Gasteiger partial charge in [-0.2, -0.15) is 0 Å². The van der Waals surface area contributed by atoms with Crippen LogP contribution >= 0.6 is 11.6 Å². The van der Waals surface area contributed by atoms with Crippen molar-refractivity contribution in [1.29, 1.82) is 0 Å². The number of fused-ring (bicyclic) bond motifs is 1. The number of benzene rings is 1. The van der Waals surface area contributed by atoms with Crippen molar-refractivity contribution in [2.24, 2.45) is 0 Å². The number of piperidine rings is 1. The maximum atomic E-state index is 14.3. The number of β-amino-alcohol motifs (C(OH)–C–C–N with tert-alkyl or cyclic N) is 1. The van der Waals surface area contributed by atoms with Crippen LogP contribution in [0.1, 0.15) is 12.0 Å². The van der Waals surface area contributed by atoms with Crippen LogP contribution in [0.5, 0.6) is 5.75 Å². The Morgan fingerprint density at radius 1 is 1.52 bits per heavy atom. The third-order valence-electron chi connectivity index (χ3n) is 4.85. The fourth-order valence-electron chi connectivity index (χ4n) is 3.43. The van der Waals surface area contributed by atoms with Gasteiger partial charge < -0.3 is 25.2 Å². The van der Waals surface area contributed by atoms with Crippen LogP contribution in [0, 0.1) is 5.82 Å². The van der Waals surface area contributed by atoms with Crippen LogP contribution in [0.15, 0.2) is 18.3 Å². The van der Waals surface area contributed by atoms with Gasteiger partial charge in [0, 0.05) is 37.3 Å². The molecule has 9 heteroatoms. The number of aromatic nitrogens is 1. The molecule has 1 fully saturated rings. The topological polar surface area (TPSA) is 94.9 Å². The Hall–Kier alpha value is -2.16. The van der Waals surface area contributed by atoms with E-state index in [2.05, 4.69) is 10.3 Å². The molecular formula is C18H21ClFN3O4. The molecule has 1 saturated heterocycles. The zero-order valence-corrected chi connectivity index (χ0v) is 15.5. The quantitative estimate of drug-likeness (QED) is 0.716. The number of aliphatic hydroxyl groups excluding tert-OH is 1. The Balaban J connectivity index is 1.75. The minimum absolute atomic E-state index is 0.236. The molecule has 1 aliphatic heterocycles. The van der Waals surface area contributed by atoms with Gasteiger partial charge in [-0.3, -0.25) is 4.98 Å². The number of hydrogen-bond donors (Lipinski definition) is 3. The van der Waals surface area contributed by atoms with Gasteiger partial charge in [-0.1, -0.05) is 11.6 Å². The average molecular weight is 398 g/mol. The number of pyridine rings is 1. The normalized spacial score (nSPS) is 20.6. The highest BCUT2D eigenvalue weighted by molar-refractivity contribution is 6.32. The first-order valence-electron chi connectivity index (χ1n) is 8.59. The Labute approximate surface area is 160 Å². The molecule has 27 heavy (non-hydrogen) atoms. The number of amides is 1. The summed E-state index contributed by atoms with van der Waals surface area (Å²) >= 11 is 6.31. The highest BCUT2D eigenvalue weighted by Crippen LogP contribution is 2.30. The number of ether oxygens (including phenoxy) is 1. The second-order valence-electron chi connectivity index (χ2n) is 6.55. The van der Waals surface area contributed by atoms with Gasteiger partial charge in [-0.25, -0.2) is 9.18 Å². The van der Waals surface area contributed by atoms with Crippen LogP contribution in [0.25, 0.3) is 10.9 Å². The third kappa shape index (κ3) is 4.40. The molecule has 1 amide bonds. The molecule has 1 aromatic heterocycles. The largest absolute Gasteiger partial charge is 0.497 e. The van der Waals surface area contributed by atoms with E-state index < -0.39 is 24.1 Å². The molecule has 0 spiro atoms. The molecule has 2 heterocycles. The molecule has 3 N–H and O–H groups in total. The van der Waals surface area contributed by atoms with Crippen LogP contribution in [0.2, 0.25) is 5.02 Å². The minimum atomic E-state index is -1.14. The monoisotopic (exact) mass is 397 g/mol. The van der Waals surface area contributed by atoms with E-state index in [9.17, 15) is 14.3 Å². The fraction of sp³-hybridized carbons (Fsp3) is 0.444. The van der Waals surface area contributed by atoms with E-state index in [0.29, 0.717) is 48.6 Å². The highest BCUT2D eigenvalue weighted by atomic mass is 35.5. The number of halogens is 2. The number of nitrogens with zero attached hydrogens (tertiary/aromatic N) is 2. The van der Waals surface area contributed by atoms with E-state index in [4.69, 9.17) is 21.4 Å². The van der Waals surface area contributed by atoms with Gasteiger partial charge in [0.15, 0.2) is 5.82 Å². The number of methoxy groups -OCH3 is 1. The van der Waals surface area contributed by atoms with Crippen LogP contribution in [-0.4, -0.2) is 65.1 Å². The molecule has 0 radical (unpaired) electrons. The number of aliphatic hydroxyl groups is 1. The van der Waals surface area contributed by atoms with E-state index in [1.54, 1.807) is 6.07 Å². The van der Waals surface area contributed by atoms with Crippen molar-refractivity contribution >= 4 is 28.6 Å². The second-order valence-corrected chi connectivity index (χ2v) is 6.96. The van der Waals surface area contributed by atoms with Gasteiger partial charge in [-0.15, -0.1) is 0 Å². The summed E-state index contributed by atoms with van der Waals surface area (Å²) in [4.78, 5) is 16.9. The molecule has 0 aliphatic carbocycles. The molecule has 7 nitrogen and oxygen atoms in total. The number of likely N-dealkylation sites (tertiary alicyclic amines) is 1. The molecule has 146 valence electrons. The zero-order chi connectivity index (χ0) is 19.6. The molecule has 1 aliphatic rings. The number of carboxylic acid groups (broad SMARTS) is 1.